The Morgan fingerprint density at radius 3 is 2.80 bits per heavy atom. The van der Waals surface area contributed by atoms with Crippen LogP contribution in [0.3, 0.4) is 0 Å². The lowest BCUT2D eigenvalue weighted by Gasteiger charge is -2.08. The van der Waals surface area contributed by atoms with Gasteiger partial charge >= 0.3 is 0 Å². The number of nitrogens with zero attached hydrogens (tertiary/aromatic N) is 1. The zero-order valence-corrected chi connectivity index (χ0v) is 10.9. The van der Waals surface area contributed by atoms with Gasteiger partial charge in [-0.25, -0.2) is 0 Å². The molecule has 0 N–H and O–H groups in total. The normalized spacial score (nSPS) is 11.9. The number of carbonyl (C=O) groups is 1. The number of hydrogen-bond acceptors (Lipinski definition) is 2. The molecule has 1 rings (SSSR count). The van der Waals surface area contributed by atoms with E-state index in [-0.39, 0.29) is 5.78 Å². The van der Waals surface area contributed by atoms with E-state index in [4.69, 9.17) is 5.26 Å². The van der Waals surface area contributed by atoms with Crippen molar-refractivity contribution in [1.29, 1.82) is 5.26 Å². The number of halogens is 1. The van der Waals surface area contributed by atoms with Crippen LogP contribution in [0.25, 0.3) is 0 Å². The van der Waals surface area contributed by atoms with Gasteiger partial charge in [0.25, 0.3) is 0 Å². The van der Waals surface area contributed by atoms with Gasteiger partial charge in [0.15, 0.2) is 5.78 Å². The first-order valence-corrected chi connectivity index (χ1v) is 5.88. The number of hydrogen-bond donors (Lipinski definition) is 0. The predicted molar refractivity (Wildman–Crippen MR) is 67.6 cm³/mol. The maximum absolute atomic E-state index is 12.0. The van der Waals surface area contributed by atoms with Gasteiger partial charge in [-0.05, 0) is 41.5 Å². The fourth-order valence-electron chi connectivity index (χ4n) is 1.36. The molecule has 78 valence electrons. The lowest BCUT2D eigenvalue weighted by atomic mass is 9.96. The lowest BCUT2D eigenvalue weighted by molar-refractivity contribution is 0.0945. The van der Waals surface area contributed by atoms with Gasteiger partial charge in [-0.2, -0.15) is 5.26 Å². The highest BCUT2D eigenvalue weighted by molar-refractivity contribution is 14.1. The number of rotatable bonds is 3. The van der Waals surface area contributed by atoms with E-state index in [0.29, 0.717) is 12.0 Å². The van der Waals surface area contributed by atoms with Crippen LogP contribution in [0.15, 0.2) is 18.2 Å². The van der Waals surface area contributed by atoms with Crippen LogP contribution in [0, 0.1) is 27.7 Å². The third-order valence-electron chi connectivity index (χ3n) is 2.34. The van der Waals surface area contributed by atoms with Crippen LogP contribution < -0.4 is 0 Å². The monoisotopic (exact) mass is 313 g/mol. The number of carbonyl (C=O) groups excluding carboxylic acids is 1. The average molecular weight is 313 g/mol. The van der Waals surface area contributed by atoms with Crippen molar-refractivity contribution in [3.63, 3.8) is 0 Å². The molecule has 0 bridgehead atoms. The van der Waals surface area contributed by atoms with Gasteiger partial charge in [0.2, 0.25) is 0 Å². The molecule has 0 amide bonds. The van der Waals surface area contributed by atoms with Crippen LogP contribution in [0.5, 0.6) is 0 Å². The van der Waals surface area contributed by atoms with Gasteiger partial charge < -0.3 is 0 Å². The van der Waals surface area contributed by atoms with Crippen LogP contribution >= 0.6 is 22.6 Å². The molecular formula is C12H12INO. The molecule has 1 unspecified atom stereocenters. The van der Waals surface area contributed by atoms with E-state index in [1.165, 1.54) is 0 Å². The van der Waals surface area contributed by atoms with Crippen molar-refractivity contribution in [2.24, 2.45) is 5.92 Å². The summed E-state index contributed by atoms with van der Waals surface area (Å²) in [7, 11) is 0. The van der Waals surface area contributed by atoms with E-state index in [0.717, 1.165) is 9.13 Å². The predicted octanol–water partition coefficient (Wildman–Crippen LogP) is 3.33. The number of nitriles is 1. The Labute approximate surface area is 103 Å². The second-order valence-electron chi connectivity index (χ2n) is 3.39. The van der Waals surface area contributed by atoms with E-state index < -0.39 is 5.92 Å². The van der Waals surface area contributed by atoms with Crippen LogP contribution in [-0.4, -0.2) is 5.78 Å². The molecule has 0 spiro atoms. The minimum absolute atomic E-state index is 0.0619. The summed E-state index contributed by atoms with van der Waals surface area (Å²) in [6.07, 6.45) is 0.569. The zero-order valence-electron chi connectivity index (χ0n) is 8.75. The number of Topliss-reactive ketones (excluding diaryl/α,β-unsaturated/α-hetero) is 1. The molecule has 0 radical (unpaired) electrons. The summed E-state index contributed by atoms with van der Waals surface area (Å²) >= 11 is 2.16. The molecule has 3 heteroatoms. The van der Waals surface area contributed by atoms with Crippen molar-refractivity contribution < 1.29 is 4.79 Å². The summed E-state index contributed by atoms with van der Waals surface area (Å²) in [6.45, 7) is 3.82. The van der Waals surface area contributed by atoms with Crippen molar-refractivity contribution >= 4 is 28.4 Å². The van der Waals surface area contributed by atoms with E-state index in [1.807, 2.05) is 32.0 Å². The minimum Gasteiger partial charge on any atom is -0.293 e. The Bertz CT molecular complexity index is 420. The Kier molecular flexibility index (Phi) is 4.28. The molecular weight excluding hydrogens is 301 g/mol. The van der Waals surface area contributed by atoms with Gasteiger partial charge in [-0.1, -0.05) is 25.1 Å². The number of benzene rings is 1. The van der Waals surface area contributed by atoms with Crippen molar-refractivity contribution in [1.82, 2.24) is 0 Å². The molecule has 0 saturated carbocycles. The Morgan fingerprint density at radius 1 is 1.60 bits per heavy atom. The van der Waals surface area contributed by atoms with Gasteiger partial charge in [0.1, 0.15) is 5.92 Å². The SMILES string of the molecule is CCC(C#N)C(=O)c1cccc(C)c1I. The third-order valence-corrected chi connectivity index (χ3v) is 3.77. The maximum atomic E-state index is 12.0. The smallest absolute Gasteiger partial charge is 0.181 e. The van der Waals surface area contributed by atoms with Gasteiger partial charge in [-0.3, -0.25) is 4.79 Å². The molecule has 15 heavy (non-hydrogen) atoms. The standard InChI is InChI=1S/C12H12INO/c1-3-9(7-14)12(15)10-6-4-5-8(2)11(10)13/h4-6,9H,3H2,1-2H3. The molecule has 0 heterocycles. The number of ketones is 1. The van der Waals surface area contributed by atoms with E-state index in [1.54, 1.807) is 6.07 Å². The van der Waals surface area contributed by atoms with Crippen molar-refractivity contribution in [3.8, 4) is 6.07 Å². The molecule has 0 aliphatic heterocycles. The Balaban J connectivity index is 3.13. The zero-order chi connectivity index (χ0) is 11.4. The van der Waals surface area contributed by atoms with Crippen LogP contribution in [0.2, 0.25) is 0 Å². The average Bonchev–Trinajstić information content (AvgIpc) is 2.23. The maximum Gasteiger partial charge on any atom is 0.181 e. The van der Waals surface area contributed by atoms with E-state index in [9.17, 15) is 4.79 Å². The molecule has 1 aromatic rings. The first kappa shape index (κ1) is 12.2. The first-order valence-electron chi connectivity index (χ1n) is 4.80. The van der Waals surface area contributed by atoms with Crippen LogP contribution in [0.4, 0.5) is 0 Å². The summed E-state index contributed by atoms with van der Waals surface area (Å²) < 4.78 is 0.953. The molecule has 2 nitrogen and oxygen atoms in total. The largest absolute Gasteiger partial charge is 0.293 e. The number of aryl methyl sites for hydroxylation is 1. The molecule has 0 saturated heterocycles. The summed E-state index contributed by atoms with van der Waals surface area (Å²) in [4.78, 5) is 12.0. The molecule has 0 aliphatic rings. The van der Waals surface area contributed by atoms with E-state index in [2.05, 4.69) is 22.6 Å². The lowest BCUT2D eigenvalue weighted by Crippen LogP contribution is -2.13. The second-order valence-corrected chi connectivity index (χ2v) is 4.47. The fourth-order valence-corrected chi connectivity index (χ4v) is 1.99. The minimum atomic E-state index is -0.514. The molecule has 1 aromatic carbocycles. The van der Waals surface area contributed by atoms with E-state index >= 15 is 0 Å². The molecule has 0 fully saturated rings. The highest BCUT2D eigenvalue weighted by Crippen LogP contribution is 2.20. The quantitative estimate of drug-likeness (QED) is 0.634. The Morgan fingerprint density at radius 2 is 2.27 bits per heavy atom. The van der Waals surface area contributed by atoms with Gasteiger partial charge in [0.05, 0.1) is 6.07 Å². The highest BCUT2D eigenvalue weighted by Gasteiger charge is 2.20. The summed E-state index contributed by atoms with van der Waals surface area (Å²) in [6, 6.07) is 7.65. The van der Waals surface area contributed by atoms with Crippen LogP contribution in [-0.2, 0) is 0 Å². The second kappa shape index (κ2) is 5.26. The van der Waals surface area contributed by atoms with Crippen molar-refractivity contribution in [2.75, 3.05) is 0 Å². The molecule has 1 atom stereocenters. The van der Waals surface area contributed by atoms with Gasteiger partial charge in [-0.15, -0.1) is 0 Å². The van der Waals surface area contributed by atoms with Crippen molar-refractivity contribution in [3.05, 3.63) is 32.9 Å². The topological polar surface area (TPSA) is 40.9 Å². The molecule has 0 aromatic heterocycles. The first-order chi connectivity index (χ1) is 7.11. The van der Waals surface area contributed by atoms with Crippen molar-refractivity contribution in [2.45, 2.75) is 20.3 Å². The molecule has 0 aliphatic carbocycles. The summed E-state index contributed by atoms with van der Waals surface area (Å²) in [5.41, 5.74) is 1.75. The van der Waals surface area contributed by atoms with Crippen LogP contribution in [0.1, 0.15) is 29.3 Å². The summed E-state index contributed by atoms with van der Waals surface area (Å²) in [5, 5.41) is 8.84. The highest BCUT2D eigenvalue weighted by atomic mass is 127. The fraction of sp³-hybridized carbons (Fsp3) is 0.333. The Hall–Kier alpha value is -0.890. The van der Waals surface area contributed by atoms with Gasteiger partial charge in [0, 0.05) is 9.13 Å². The summed E-state index contributed by atoms with van der Waals surface area (Å²) in [5.74, 6) is -0.576. The third kappa shape index (κ3) is 2.57.